The molecule has 0 saturated carbocycles. The summed E-state index contributed by atoms with van der Waals surface area (Å²) < 4.78 is 0. The summed E-state index contributed by atoms with van der Waals surface area (Å²) in [7, 11) is 3.50. The monoisotopic (exact) mass is 199 g/mol. The van der Waals surface area contributed by atoms with Gasteiger partial charge in [-0.25, -0.2) is 12.2 Å². The van der Waals surface area contributed by atoms with Crippen molar-refractivity contribution in [1.29, 1.82) is 0 Å². The van der Waals surface area contributed by atoms with Gasteiger partial charge in [-0.15, -0.1) is 6.42 Å². The van der Waals surface area contributed by atoms with Crippen molar-refractivity contribution >= 4 is 0 Å². The molecule has 1 nitrogen and oxygen atoms in total. The van der Waals surface area contributed by atoms with Gasteiger partial charge in [0.1, 0.15) is 0 Å². The second-order valence-electron chi connectivity index (χ2n) is 1.45. The van der Waals surface area contributed by atoms with Gasteiger partial charge in [0.2, 0.25) is 0 Å². The van der Waals surface area contributed by atoms with Gasteiger partial charge in [0.15, 0.2) is 0 Å². The SMILES string of the molecule is C[N-]C.[C-]1=CC=CC1.[Zr+2]. The Morgan fingerprint density at radius 1 is 1.44 bits per heavy atom. The summed E-state index contributed by atoms with van der Waals surface area (Å²) in [5.74, 6) is 0. The molecule has 0 spiro atoms. The Morgan fingerprint density at radius 3 is 2.11 bits per heavy atom. The topological polar surface area (TPSA) is 14.1 Å². The van der Waals surface area contributed by atoms with E-state index in [4.69, 9.17) is 0 Å². The van der Waals surface area contributed by atoms with Gasteiger partial charge in [-0.05, 0) is 0 Å². The van der Waals surface area contributed by atoms with Crippen LogP contribution in [0.4, 0.5) is 0 Å². The number of hydrogen-bond acceptors (Lipinski definition) is 0. The molecule has 0 aliphatic heterocycles. The second-order valence-corrected chi connectivity index (χ2v) is 1.45. The molecule has 0 aromatic heterocycles. The van der Waals surface area contributed by atoms with E-state index in [1.807, 2.05) is 12.2 Å². The van der Waals surface area contributed by atoms with Crippen molar-refractivity contribution < 1.29 is 26.2 Å². The van der Waals surface area contributed by atoms with Crippen molar-refractivity contribution in [2.45, 2.75) is 6.42 Å². The van der Waals surface area contributed by atoms with Crippen LogP contribution in [-0.4, -0.2) is 14.1 Å². The molecule has 0 unspecified atom stereocenters. The van der Waals surface area contributed by atoms with Crippen LogP contribution in [0.5, 0.6) is 0 Å². The molecule has 0 N–H and O–H groups in total. The standard InChI is InChI=1S/C5H5.C2H6N.Zr/c1-2-4-5-3-1;1-3-2;/h1-3H,4H2;1-2H3;/q2*-1;+2. The third kappa shape index (κ3) is 11.7. The number of nitrogens with zero attached hydrogens (tertiary/aromatic N) is 1. The van der Waals surface area contributed by atoms with E-state index in [0.29, 0.717) is 0 Å². The first-order chi connectivity index (χ1) is 3.91. The molecule has 1 aliphatic rings. The molecule has 2 heteroatoms. The minimum Gasteiger partial charge on any atom is -0.668 e. The third-order valence-corrected chi connectivity index (χ3v) is 0.586. The Kier molecular flexibility index (Phi) is 14.9. The van der Waals surface area contributed by atoms with Gasteiger partial charge in [-0.3, -0.25) is 6.08 Å². The molecule has 0 aromatic carbocycles. The normalized spacial score (nSPS) is 11.8. The van der Waals surface area contributed by atoms with E-state index in [-0.39, 0.29) is 26.2 Å². The number of hydrogen-bond donors (Lipinski definition) is 0. The molecule has 0 bridgehead atoms. The summed E-state index contributed by atoms with van der Waals surface area (Å²) in [6, 6.07) is 0. The van der Waals surface area contributed by atoms with Crippen molar-refractivity contribution in [3.8, 4) is 0 Å². The Morgan fingerprint density at radius 2 is 2.00 bits per heavy atom. The van der Waals surface area contributed by atoms with Crippen LogP contribution in [0.25, 0.3) is 5.32 Å². The molecular formula is C7H11NZr. The van der Waals surface area contributed by atoms with Crippen LogP contribution in [0.15, 0.2) is 18.2 Å². The zero-order chi connectivity index (χ0) is 6.24. The zero-order valence-electron chi connectivity index (χ0n) is 5.89. The molecule has 0 amide bonds. The van der Waals surface area contributed by atoms with E-state index >= 15 is 0 Å². The maximum absolute atomic E-state index is 3.50. The minimum atomic E-state index is 0. The molecule has 48 valence electrons. The fraction of sp³-hybridized carbons (Fsp3) is 0.429. The third-order valence-electron chi connectivity index (χ3n) is 0.586. The van der Waals surface area contributed by atoms with Gasteiger partial charge >= 0.3 is 26.2 Å². The Labute approximate surface area is 76.3 Å². The van der Waals surface area contributed by atoms with Gasteiger partial charge in [-0.1, -0.05) is 0 Å². The van der Waals surface area contributed by atoms with Crippen molar-refractivity contribution in [2.75, 3.05) is 14.1 Å². The minimum absolute atomic E-state index is 0. The first-order valence-electron chi connectivity index (χ1n) is 2.61. The predicted molar refractivity (Wildman–Crippen MR) is 36.8 cm³/mol. The maximum Gasteiger partial charge on any atom is 2.00 e. The van der Waals surface area contributed by atoms with Gasteiger partial charge in [-0.2, -0.15) is 20.2 Å². The molecule has 1 aliphatic carbocycles. The van der Waals surface area contributed by atoms with Crippen LogP contribution in [-0.2, 0) is 26.2 Å². The van der Waals surface area contributed by atoms with E-state index in [9.17, 15) is 0 Å². The van der Waals surface area contributed by atoms with E-state index < -0.39 is 0 Å². The van der Waals surface area contributed by atoms with Gasteiger partial charge in [0.05, 0.1) is 0 Å². The Balaban J connectivity index is 0. The van der Waals surface area contributed by atoms with Crippen LogP contribution in [0.1, 0.15) is 6.42 Å². The second kappa shape index (κ2) is 11.2. The molecule has 0 aromatic rings. The smallest absolute Gasteiger partial charge is 0.668 e. The summed E-state index contributed by atoms with van der Waals surface area (Å²) in [6.07, 6.45) is 10.0. The van der Waals surface area contributed by atoms with Crippen LogP contribution in [0, 0.1) is 6.08 Å². The number of rotatable bonds is 0. The Bertz CT molecular complexity index is 76.9. The maximum atomic E-state index is 3.50. The quantitative estimate of drug-likeness (QED) is 0.531. The largest absolute Gasteiger partial charge is 2.00 e. The zero-order valence-corrected chi connectivity index (χ0v) is 8.34. The molecular weight excluding hydrogens is 189 g/mol. The van der Waals surface area contributed by atoms with Gasteiger partial charge in [0.25, 0.3) is 0 Å². The van der Waals surface area contributed by atoms with Crippen molar-refractivity contribution in [2.24, 2.45) is 0 Å². The first kappa shape index (κ1) is 12.0. The van der Waals surface area contributed by atoms with Crippen molar-refractivity contribution in [3.63, 3.8) is 0 Å². The summed E-state index contributed by atoms with van der Waals surface area (Å²) in [5.41, 5.74) is 0. The fourth-order valence-electron chi connectivity index (χ4n) is 0.340. The average Bonchev–Trinajstić information content (AvgIpc) is 2.17. The molecule has 0 atom stereocenters. The van der Waals surface area contributed by atoms with Crippen LogP contribution in [0.3, 0.4) is 0 Å². The molecule has 9 heavy (non-hydrogen) atoms. The fourth-order valence-corrected chi connectivity index (χ4v) is 0.340. The van der Waals surface area contributed by atoms with E-state index in [1.165, 1.54) is 0 Å². The van der Waals surface area contributed by atoms with Crippen molar-refractivity contribution in [1.82, 2.24) is 0 Å². The van der Waals surface area contributed by atoms with E-state index in [2.05, 4.69) is 17.5 Å². The molecule has 0 saturated heterocycles. The van der Waals surface area contributed by atoms with Crippen LogP contribution in [0.2, 0.25) is 0 Å². The van der Waals surface area contributed by atoms with Gasteiger partial charge < -0.3 is 5.32 Å². The molecule has 0 radical (unpaired) electrons. The van der Waals surface area contributed by atoms with Gasteiger partial charge in [0, 0.05) is 0 Å². The van der Waals surface area contributed by atoms with Crippen molar-refractivity contribution in [3.05, 3.63) is 29.6 Å². The van der Waals surface area contributed by atoms with Crippen LogP contribution < -0.4 is 0 Å². The summed E-state index contributed by atoms with van der Waals surface area (Å²) in [5, 5.41) is 3.50. The number of allylic oxidation sites excluding steroid dienone is 4. The molecule has 0 fully saturated rings. The predicted octanol–water partition coefficient (Wildman–Crippen LogP) is 1.92. The van der Waals surface area contributed by atoms with E-state index in [0.717, 1.165) is 6.42 Å². The van der Waals surface area contributed by atoms with E-state index in [1.54, 1.807) is 14.1 Å². The van der Waals surface area contributed by atoms with Crippen LogP contribution >= 0.6 is 0 Å². The summed E-state index contributed by atoms with van der Waals surface area (Å²) in [4.78, 5) is 0. The average molecular weight is 200 g/mol. The molecule has 1 rings (SSSR count). The first-order valence-corrected chi connectivity index (χ1v) is 2.61. The Hall–Kier alpha value is 0.323. The summed E-state index contributed by atoms with van der Waals surface area (Å²) in [6.45, 7) is 0. The summed E-state index contributed by atoms with van der Waals surface area (Å²) >= 11 is 0. The molecule has 0 heterocycles.